The SMILES string of the molecule is Nc1ccc(CCC(=O)N2CCCCC2C(=O)O)cc1. The molecule has 0 radical (unpaired) electrons. The Morgan fingerprint density at radius 2 is 1.95 bits per heavy atom. The molecule has 1 amide bonds. The molecule has 0 aliphatic carbocycles. The molecule has 1 unspecified atom stereocenters. The van der Waals surface area contributed by atoms with Gasteiger partial charge in [0, 0.05) is 18.7 Å². The summed E-state index contributed by atoms with van der Waals surface area (Å²) in [6, 6.07) is 6.75. The van der Waals surface area contributed by atoms with Gasteiger partial charge in [-0.05, 0) is 43.4 Å². The summed E-state index contributed by atoms with van der Waals surface area (Å²) in [5.74, 6) is -0.973. The number of carbonyl (C=O) groups excluding carboxylic acids is 1. The number of nitrogen functional groups attached to an aromatic ring is 1. The minimum atomic E-state index is -0.898. The molecule has 5 nitrogen and oxygen atoms in total. The summed E-state index contributed by atoms with van der Waals surface area (Å²) in [6.45, 7) is 0.553. The lowest BCUT2D eigenvalue weighted by Gasteiger charge is -2.33. The summed E-state index contributed by atoms with van der Waals surface area (Å²) in [4.78, 5) is 24.9. The van der Waals surface area contributed by atoms with Crippen molar-refractivity contribution in [1.29, 1.82) is 0 Å². The molecule has 5 heteroatoms. The van der Waals surface area contributed by atoms with E-state index in [2.05, 4.69) is 0 Å². The van der Waals surface area contributed by atoms with E-state index < -0.39 is 12.0 Å². The van der Waals surface area contributed by atoms with E-state index >= 15 is 0 Å². The lowest BCUT2D eigenvalue weighted by atomic mass is 10.0. The quantitative estimate of drug-likeness (QED) is 0.819. The molecule has 1 atom stereocenters. The number of hydrogen-bond acceptors (Lipinski definition) is 3. The largest absolute Gasteiger partial charge is 0.480 e. The first-order valence-electron chi connectivity index (χ1n) is 6.94. The smallest absolute Gasteiger partial charge is 0.326 e. The van der Waals surface area contributed by atoms with Gasteiger partial charge in [0.1, 0.15) is 6.04 Å². The molecule has 1 aliphatic rings. The average Bonchev–Trinajstić information content (AvgIpc) is 2.46. The highest BCUT2D eigenvalue weighted by Crippen LogP contribution is 2.19. The van der Waals surface area contributed by atoms with Crippen LogP contribution in [0.25, 0.3) is 0 Å². The molecule has 20 heavy (non-hydrogen) atoms. The number of amides is 1. The van der Waals surface area contributed by atoms with Gasteiger partial charge in [0.15, 0.2) is 0 Å². The third-order valence-corrected chi connectivity index (χ3v) is 3.72. The number of carboxylic acid groups (broad SMARTS) is 1. The Kier molecular flexibility index (Phi) is 4.61. The number of nitrogens with zero attached hydrogens (tertiary/aromatic N) is 1. The van der Waals surface area contributed by atoms with Crippen molar-refractivity contribution in [2.24, 2.45) is 0 Å². The number of likely N-dealkylation sites (tertiary alicyclic amines) is 1. The second-order valence-corrected chi connectivity index (χ2v) is 5.18. The molecule has 1 aromatic rings. The van der Waals surface area contributed by atoms with E-state index in [1.165, 1.54) is 4.90 Å². The van der Waals surface area contributed by atoms with Crippen LogP contribution in [0.15, 0.2) is 24.3 Å². The summed E-state index contributed by atoms with van der Waals surface area (Å²) in [5, 5.41) is 9.17. The number of aryl methyl sites for hydroxylation is 1. The highest BCUT2D eigenvalue weighted by atomic mass is 16.4. The van der Waals surface area contributed by atoms with E-state index in [4.69, 9.17) is 10.8 Å². The molecule has 0 saturated carbocycles. The molecule has 2 rings (SSSR count). The number of piperidine rings is 1. The zero-order valence-corrected chi connectivity index (χ0v) is 11.4. The molecular formula is C15H20N2O3. The summed E-state index contributed by atoms with van der Waals surface area (Å²) in [6.07, 6.45) is 3.27. The van der Waals surface area contributed by atoms with E-state index in [1.54, 1.807) is 12.1 Å². The van der Waals surface area contributed by atoms with Crippen molar-refractivity contribution in [1.82, 2.24) is 4.90 Å². The van der Waals surface area contributed by atoms with Gasteiger partial charge in [0.25, 0.3) is 0 Å². The van der Waals surface area contributed by atoms with Crippen LogP contribution in [0.4, 0.5) is 5.69 Å². The van der Waals surface area contributed by atoms with Gasteiger partial charge >= 0.3 is 5.97 Å². The maximum atomic E-state index is 12.2. The van der Waals surface area contributed by atoms with Gasteiger partial charge in [-0.2, -0.15) is 0 Å². The second-order valence-electron chi connectivity index (χ2n) is 5.18. The predicted octanol–water partition coefficient (Wildman–Crippen LogP) is 1.67. The van der Waals surface area contributed by atoms with Crippen LogP contribution in [-0.2, 0) is 16.0 Å². The fourth-order valence-corrected chi connectivity index (χ4v) is 2.57. The van der Waals surface area contributed by atoms with Crippen molar-refractivity contribution in [3.8, 4) is 0 Å². The molecule has 0 bridgehead atoms. The lowest BCUT2D eigenvalue weighted by Crippen LogP contribution is -2.48. The van der Waals surface area contributed by atoms with E-state index in [1.807, 2.05) is 12.1 Å². The monoisotopic (exact) mass is 276 g/mol. The van der Waals surface area contributed by atoms with Crippen molar-refractivity contribution in [2.75, 3.05) is 12.3 Å². The van der Waals surface area contributed by atoms with Crippen LogP contribution in [0.2, 0.25) is 0 Å². The Labute approximate surface area is 118 Å². The molecular weight excluding hydrogens is 256 g/mol. The average molecular weight is 276 g/mol. The van der Waals surface area contributed by atoms with Crippen LogP contribution in [-0.4, -0.2) is 34.5 Å². The van der Waals surface area contributed by atoms with Crippen molar-refractivity contribution < 1.29 is 14.7 Å². The van der Waals surface area contributed by atoms with Crippen LogP contribution in [0.5, 0.6) is 0 Å². The van der Waals surface area contributed by atoms with E-state index in [-0.39, 0.29) is 5.91 Å². The summed E-state index contributed by atoms with van der Waals surface area (Å²) >= 11 is 0. The van der Waals surface area contributed by atoms with Crippen LogP contribution in [0, 0.1) is 0 Å². The Hall–Kier alpha value is -2.04. The number of aliphatic carboxylic acids is 1. The van der Waals surface area contributed by atoms with Crippen molar-refractivity contribution >= 4 is 17.6 Å². The molecule has 3 N–H and O–H groups in total. The van der Waals surface area contributed by atoms with Crippen LogP contribution in [0.3, 0.4) is 0 Å². The van der Waals surface area contributed by atoms with Crippen molar-refractivity contribution in [3.63, 3.8) is 0 Å². The fraction of sp³-hybridized carbons (Fsp3) is 0.467. The standard InChI is InChI=1S/C15H20N2O3/c16-12-7-4-11(5-8-12)6-9-14(18)17-10-2-1-3-13(17)15(19)20/h4-5,7-8,13H,1-3,6,9-10,16H2,(H,19,20). The molecule has 1 heterocycles. The summed E-state index contributed by atoms with van der Waals surface area (Å²) in [5.41, 5.74) is 7.35. The van der Waals surface area contributed by atoms with E-state index in [0.717, 1.165) is 18.4 Å². The van der Waals surface area contributed by atoms with Crippen molar-refractivity contribution in [2.45, 2.75) is 38.1 Å². The predicted molar refractivity (Wildman–Crippen MR) is 76.2 cm³/mol. The first-order chi connectivity index (χ1) is 9.58. The third-order valence-electron chi connectivity index (χ3n) is 3.72. The highest BCUT2D eigenvalue weighted by Gasteiger charge is 2.31. The lowest BCUT2D eigenvalue weighted by molar-refractivity contribution is -0.152. The van der Waals surface area contributed by atoms with Crippen LogP contribution in [0.1, 0.15) is 31.2 Å². The molecule has 1 aliphatic heterocycles. The maximum absolute atomic E-state index is 12.2. The molecule has 0 aromatic heterocycles. The number of carboxylic acids is 1. The van der Waals surface area contributed by atoms with Crippen LogP contribution >= 0.6 is 0 Å². The number of benzene rings is 1. The molecule has 1 fully saturated rings. The molecule has 1 saturated heterocycles. The zero-order chi connectivity index (χ0) is 14.5. The number of nitrogens with two attached hydrogens (primary N) is 1. The topological polar surface area (TPSA) is 83.6 Å². The zero-order valence-electron chi connectivity index (χ0n) is 11.4. The highest BCUT2D eigenvalue weighted by molar-refractivity contribution is 5.84. The summed E-state index contributed by atoms with van der Waals surface area (Å²) < 4.78 is 0. The first kappa shape index (κ1) is 14.4. The van der Waals surface area contributed by atoms with Crippen molar-refractivity contribution in [3.05, 3.63) is 29.8 Å². The fourth-order valence-electron chi connectivity index (χ4n) is 2.57. The second kappa shape index (κ2) is 6.41. The number of rotatable bonds is 4. The number of carbonyl (C=O) groups is 2. The van der Waals surface area contributed by atoms with Gasteiger partial charge < -0.3 is 15.7 Å². The minimum Gasteiger partial charge on any atom is -0.480 e. The third kappa shape index (κ3) is 3.50. The van der Waals surface area contributed by atoms with E-state index in [0.29, 0.717) is 31.5 Å². The maximum Gasteiger partial charge on any atom is 0.326 e. The Morgan fingerprint density at radius 3 is 2.60 bits per heavy atom. The Balaban J connectivity index is 1.93. The van der Waals surface area contributed by atoms with Gasteiger partial charge in [0.2, 0.25) is 5.91 Å². The van der Waals surface area contributed by atoms with E-state index in [9.17, 15) is 9.59 Å². The van der Waals surface area contributed by atoms with Gasteiger partial charge in [-0.1, -0.05) is 12.1 Å². The van der Waals surface area contributed by atoms with Gasteiger partial charge in [-0.15, -0.1) is 0 Å². The number of anilines is 1. The minimum absolute atomic E-state index is 0.0751. The molecule has 108 valence electrons. The molecule has 0 spiro atoms. The van der Waals surface area contributed by atoms with Gasteiger partial charge in [0.05, 0.1) is 0 Å². The number of hydrogen-bond donors (Lipinski definition) is 2. The molecule has 1 aromatic carbocycles. The van der Waals surface area contributed by atoms with Crippen LogP contribution < -0.4 is 5.73 Å². The normalized spacial score (nSPS) is 18.8. The first-order valence-corrected chi connectivity index (χ1v) is 6.94. The van der Waals surface area contributed by atoms with Gasteiger partial charge in [-0.3, -0.25) is 4.79 Å². The Bertz CT molecular complexity index is 484. The van der Waals surface area contributed by atoms with Gasteiger partial charge in [-0.25, -0.2) is 4.79 Å². The summed E-state index contributed by atoms with van der Waals surface area (Å²) in [7, 11) is 0. The Morgan fingerprint density at radius 1 is 1.25 bits per heavy atom.